The highest BCUT2D eigenvalue weighted by molar-refractivity contribution is 14.1. The third-order valence-electron chi connectivity index (χ3n) is 3.33. The Bertz CT molecular complexity index is 690. The maximum Gasteiger partial charge on any atom is 0.181 e. The van der Waals surface area contributed by atoms with Crippen LogP contribution >= 0.6 is 22.6 Å². The van der Waals surface area contributed by atoms with Crippen molar-refractivity contribution in [1.82, 2.24) is 14.8 Å². The zero-order valence-electron chi connectivity index (χ0n) is 11.6. The van der Waals surface area contributed by atoms with Gasteiger partial charge < -0.3 is 0 Å². The van der Waals surface area contributed by atoms with Gasteiger partial charge in [0, 0.05) is 15.7 Å². The fourth-order valence-corrected chi connectivity index (χ4v) is 2.58. The van der Waals surface area contributed by atoms with Crippen LogP contribution in [0.2, 0.25) is 0 Å². The van der Waals surface area contributed by atoms with E-state index >= 15 is 0 Å². The quantitative estimate of drug-likeness (QED) is 0.613. The van der Waals surface area contributed by atoms with Crippen LogP contribution in [-0.2, 0) is 13.0 Å². The van der Waals surface area contributed by atoms with E-state index in [1.54, 1.807) is 0 Å². The van der Waals surface area contributed by atoms with Crippen molar-refractivity contribution in [2.75, 3.05) is 0 Å². The van der Waals surface area contributed by atoms with E-state index in [0.29, 0.717) is 0 Å². The van der Waals surface area contributed by atoms with Crippen LogP contribution in [0.4, 0.5) is 0 Å². The van der Waals surface area contributed by atoms with Gasteiger partial charge in [-0.05, 0) is 53.1 Å². The molecule has 2 aromatic carbocycles. The summed E-state index contributed by atoms with van der Waals surface area (Å²) in [6, 6.07) is 18.8. The Balaban J connectivity index is 1.59. The lowest BCUT2D eigenvalue weighted by molar-refractivity contribution is 0.578. The minimum Gasteiger partial charge on any atom is -0.252 e. The van der Waals surface area contributed by atoms with E-state index < -0.39 is 0 Å². The number of benzene rings is 2. The fraction of sp³-hybridized carbons (Fsp3) is 0.176. The van der Waals surface area contributed by atoms with Gasteiger partial charge >= 0.3 is 0 Å². The standard InChI is InChI=1S/C17H16IN3/c18-16-10-8-15(9-11-16)17-19-13-21(20-17)12-4-7-14-5-2-1-3-6-14/h1-3,5-6,8-11,13H,4,7,12H2. The topological polar surface area (TPSA) is 30.7 Å². The van der Waals surface area contributed by atoms with Crippen LogP contribution in [0.1, 0.15) is 12.0 Å². The van der Waals surface area contributed by atoms with Crippen LogP contribution in [-0.4, -0.2) is 14.8 Å². The van der Waals surface area contributed by atoms with Gasteiger partial charge in [-0.15, -0.1) is 0 Å². The summed E-state index contributed by atoms with van der Waals surface area (Å²) < 4.78 is 3.15. The molecule has 1 aromatic heterocycles. The summed E-state index contributed by atoms with van der Waals surface area (Å²) >= 11 is 2.30. The Kier molecular flexibility index (Phi) is 4.65. The SMILES string of the molecule is Ic1ccc(-c2ncn(CCCc3ccccc3)n2)cc1. The Morgan fingerprint density at radius 2 is 1.71 bits per heavy atom. The van der Waals surface area contributed by atoms with Gasteiger partial charge in [0.05, 0.1) is 0 Å². The lowest BCUT2D eigenvalue weighted by Crippen LogP contribution is -2.00. The van der Waals surface area contributed by atoms with Crippen molar-refractivity contribution in [3.05, 3.63) is 70.1 Å². The molecule has 0 aliphatic heterocycles. The summed E-state index contributed by atoms with van der Waals surface area (Å²) in [5.74, 6) is 0.797. The molecule has 0 aliphatic carbocycles. The molecule has 1 heterocycles. The molecule has 0 fully saturated rings. The molecular formula is C17H16IN3. The van der Waals surface area contributed by atoms with Crippen LogP contribution < -0.4 is 0 Å². The molecule has 3 aromatic rings. The van der Waals surface area contributed by atoms with Crippen LogP contribution in [0.5, 0.6) is 0 Å². The zero-order valence-corrected chi connectivity index (χ0v) is 13.8. The number of aryl methyl sites for hydroxylation is 2. The summed E-state index contributed by atoms with van der Waals surface area (Å²) in [5.41, 5.74) is 2.44. The Labute approximate surface area is 138 Å². The molecule has 3 nitrogen and oxygen atoms in total. The minimum atomic E-state index is 0.797. The number of aromatic nitrogens is 3. The molecule has 0 N–H and O–H groups in total. The summed E-state index contributed by atoms with van der Waals surface area (Å²) in [7, 11) is 0. The van der Waals surface area contributed by atoms with E-state index in [1.807, 2.05) is 17.1 Å². The Hall–Kier alpha value is -1.69. The van der Waals surface area contributed by atoms with Gasteiger partial charge in [0.25, 0.3) is 0 Å². The smallest absolute Gasteiger partial charge is 0.181 e. The third-order valence-corrected chi connectivity index (χ3v) is 4.05. The average Bonchev–Trinajstić information content (AvgIpc) is 2.98. The van der Waals surface area contributed by atoms with E-state index in [-0.39, 0.29) is 0 Å². The van der Waals surface area contributed by atoms with Gasteiger partial charge in [0.2, 0.25) is 0 Å². The van der Waals surface area contributed by atoms with E-state index in [0.717, 1.165) is 30.8 Å². The monoisotopic (exact) mass is 389 g/mol. The van der Waals surface area contributed by atoms with Gasteiger partial charge in [-0.2, -0.15) is 5.10 Å². The second-order valence-corrected chi connectivity index (χ2v) is 6.17. The van der Waals surface area contributed by atoms with Gasteiger partial charge in [-0.1, -0.05) is 42.5 Å². The normalized spacial score (nSPS) is 10.7. The largest absolute Gasteiger partial charge is 0.252 e. The van der Waals surface area contributed by atoms with Gasteiger partial charge in [-0.25, -0.2) is 4.98 Å². The Morgan fingerprint density at radius 3 is 2.48 bits per heavy atom. The number of rotatable bonds is 5. The highest BCUT2D eigenvalue weighted by Crippen LogP contribution is 2.16. The van der Waals surface area contributed by atoms with Crippen LogP contribution in [0.15, 0.2) is 60.9 Å². The van der Waals surface area contributed by atoms with Gasteiger partial charge in [-0.3, -0.25) is 4.68 Å². The molecule has 0 amide bonds. The predicted octanol–water partition coefficient (Wildman–Crippen LogP) is 4.18. The van der Waals surface area contributed by atoms with Crippen molar-refractivity contribution >= 4 is 22.6 Å². The van der Waals surface area contributed by atoms with Gasteiger partial charge in [0.1, 0.15) is 6.33 Å². The summed E-state index contributed by atoms with van der Waals surface area (Å²) in [4.78, 5) is 4.39. The van der Waals surface area contributed by atoms with Crippen molar-refractivity contribution in [2.45, 2.75) is 19.4 Å². The number of hydrogen-bond donors (Lipinski definition) is 0. The molecule has 4 heteroatoms. The van der Waals surface area contributed by atoms with E-state index in [1.165, 1.54) is 9.13 Å². The molecule has 0 radical (unpaired) electrons. The average molecular weight is 389 g/mol. The highest BCUT2D eigenvalue weighted by Gasteiger charge is 2.04. The van der Waals surface area contributed by atoms with Crippen molar-refractivity contribution < 1.29 is 0 Å². The predicted molar refractivity (Wildman–Crippen MR) is 92.9 cm³/mol. The molecule has 0 saturated heterocycles. The van der Waals surface area contributed by atoms with Crippen molar-refractivity contribution in [3.8, 4) is 11.4 Å². The lowest BCUT2D eigenvalue weighted by atomic mass is 10.1. The lowest BCUT2D eigenvalue weighted by Gasteiger charge is -2.01. The van der Waals surface area contributed by atoms with Crippen molar-refractivity contribution in [3.63, 3.8) is 0 Å². The maximum absolute atomic E-state index is 4.54. The molecule has 0 unspecified atom stereocenters. The molecular weight excluding hydrogens is 373 g/mol. The third kappa shape index (κ3) is 3.91. The first-order valence-corrected chi connectivity index (χ1v) is 8.08. The first kappa shape index (κ1) is 14.3. The number of hydrogen-bond acceptors (Lipinski definition) is 2. The van der Waals surface area contributed by atoms with Crippen LogP contribution in [0, 0.1) is 3.57 Å². The van der Waals surface area contributed by atoms with E-state index in [2.05, 4.69) is 81.2 Å². The second kappa shape index (κ2) is 6.85. The molecule has 0 bridgehead atoms. The zero-order chi connectivity index (χ0) is 14.5. The second-order valence-electron chi connectivity index (χ2n) is 4.93. The summed E-state index contributed by atoms with van der Waals surface area (Å²) in [6.45, 7) is 0.895. The first-order chi connectivity index (χ1) is 10.3. The number of nitrogens with zero attached hydrogens (tertiary/aromatic N) is 3. The van der Waals surface area contributed by atoms with E-state index in [9.17, 15) is 0 Å². The molecule has 0 aliphatic rings. The van der Waals surface area contributed by atoms with Gasteiger partial charge in [0.15, 0.2) is 5.82 Å². The minimum absolute atomic E-state index is 0.797. The number of halogens is 1. The van der Waals surface area contributed by atoms with Crippen molar-refractivity contribution in [2.24, 2.45) is 0 Å². The van der Waals surface area contributed by atoms with Crippen LogP contribution in [0.25, 0.3) is 11.4 Å². The molecule has 0 atom stereocenters. The fourth-order valence-electron chi connectivity index (χ4n) is 2.22. The molecule has 0 saturated carbocycles. The molecule has 0 spiro atoms. The molecule has 3 rings (SSSR count). The maximum atomic E-state index is 4.54. The molecule has 21 heavy (non-hydrogen) atoms. The highest BCUT2D eigenvalue weighted by atomic mass is 127. The van der Waals surface area contributed by atoms with E-state index in [4.69, 9.17) is 0 Å². The summed E-state index contributed by atoms with van der Waals surface area (Å²) in [5, 5.41) is 4.54. The molecule has 106 valence electrons. The van der Waals surface area contributed by atoms with Crippen LogP contribution in [0.3, 0.4) is 0 Å². The first-order valence-electron chi connectivity index (χ1n) is 7.00. The van der Waals surface area contributed by atoms with Crippen molar-refractivity contribution in [1.29, 1.82) is 0 Å². The Morgan fingerprint density at radius 1 is 0.952 bits per heavy atom. The summed E-state index contributed by atoms with van der Waals surface area (Å²) in [6.07, 6.45) is 3.96.